The summed E-state index contributed by atoms with van der Waals surface area (Å²) in [6.07, 6.45) is 3.15. The molecule has 6 heteroatoms. The molecule has 2 rings (SSSR count). The Morgan fingerprint density at radius 2 is 2.16 bits per heavy atom. The normalized spacial score (nSPS) is 27.2. The van der Waals surface area contributed by atoms with Gasteiger partial charge in [-0.15, -0.1) is 0 Å². The fourth-order valence-electron chi connectivity index (χ4n) is 2.41. The van der Waals surface area contributed by atoms with Crippen LogP contribution in [-0.4, -0.2) is 34.1 Å². The Labute approximate surface area is 112 Å². The number of anilines is 1. The van der Waals surface area contributed by atoms with Crippen molar-refractivity contribution >= 4 is 11.7 Å². The van der Waals surface area contributed by atoms with Gasteiger partial charge in [-0.3, -0.25) is 4.68 Å². The third kappa shape index (κ3) is 3.26. The van der Waals surface area contributed by atoms with Crippen molar-refractivity contribution in [2.45, 2.75) is 58.5 Å². The van der Waals surface area contributed by atoms with Crippen LogP contribution in [0.5, 0.6) is 0 Å². The fraction of sp³-hybridized carbons (Fsp3) is 0.692. The number of esters is 1. The number of nitrogen functional groups attached to an aromatic ring is 1. The summed E-state index contributed by atoms with van der Waals surface area (Å²) in [4.78, 5) is 12.1. The second-order valence-corrected chi connectivity index (χ2v) is 5.04. The van der Waals surface area contributed by atoms with E-state index in [1.807, 2.05) is 20.8 Å². The van der Waals surface area contributed by atoms with Gasteiger partial charge < -0.3 is 15.2 Å². The van der Waals surface area contributed by atoms with Crippen LogP contribution in [0.25, 0.3) is 0 Å². The minimum Gasteiger partial charge on any atom is -0.457 e. The van der Waals surface area contributed by atoms with Crippen molar-refractivity contribution in [3.8, 4) is 0 Å². The minimum atomic E-state index is -0.448. The zero-order valence-electron chi connectivity index (χ0n) is 11.6. The lowest BCUT2D eigenvalue weighted by Gasteiger charge is -2.31. The number of nitrogens with zero attached hydrogens (tertiary/aromatic N) is 2. The van der Waals surface area contributed by atoms with Crippen molar-refractivity contribution in [2.24, 2.45) is 0 Å². The first-order valence-corrected chi connectivity index (χ1v) is 6.69. The average Bonchev–Trinajstić information content (AvgIpc) is 2.69. The van der Waals surface area contributed by atoms with Crippen molar-refractivity contribution in [3.63, 3.8) is 0 Å². The van der Waals surface area contributed by atoms with Gasteiger partial charge in [-0.1, -0.05) is 0 Å². The molecule has 0 aliphatic carbocycles. The first-order valence-electron chi connectivity index (χ1n) is 6.69. The first-order chi connectivity index (χ1) is 8.99. The summed E-state index contributed by atoms with van der Waals surface area (Å²) in [7, 11) is 0. The highest BCUT2D eigenvalue weighted by Crippen LogP contribution is 2.23. The first kappa shape index (κ1) is 13.9. The van der Waals surface area contributed by atoms with Gasteiger partial charge in [-0.05, 0) is 20.8 Å². The number of rotatable bonds is 3. The summed E-state index contributed by atoms with van der Waals surface area (Å²) in [5.74, 6) is -0.448. The van der Waals surface area contributed by atoms with E-state index in [9.17, 15) is 4.79 Å². The Morgan fingerprint density at radius 1 is 1.53 bits per heavy atom. The number of aryl methyl sites for hydroxylation is 1. The van der Waals surface area contributed by atoms with Crippen LogP contribution in [0.1, 0.15) is 44.1 Å². The zero-order valence-corrected chi connectivity index (χ0v) is 11.6. The van der Waals surface area contributed by atoms with E-state index in [0.29, 0.717) is 25.1 Å². The molecule has 1 aromatic rings. The van der Waals surface area contributed by atoms with E-state index >= 15 is 0 Å². The van der Waals surface area contributed by atoms with Gasteiger partial charge in [0, 0.05) is 25.6 Å². The maximum absolute atomic E-state index is 12.1. The molecule has 2 unspecified atom stereocenters. The highest BCUT2D eigenvalue weighted by Gasteiger charge is 2.28. The Bertz CT molecular complexity index is 448. The van der Waals surface area contributed by atoms with Gasteiger partial charge >= 0.3 is 5.97 Å². The molecule has 2 heterocycles. The topological polar surface area (TPSA) is 79.4 Å². The highest BCUT2D eigenvalue weighted by molar-refractivity contribution is 5.92. The summed E-state index contributed by atoms with van der Waals surface area (Å²) in [6.45, 7) is 6.57. The van der Waals surface area contributed by atoms with Crippen molar-refractivity contribution in [3.05, 3.63) is 11.9 Å². The molecule has 1 saturated heterocycles. The molecule has 2 N–H and O–H groups in total. The Balaban J connectivity index is 2.02. The molecular weight excluding hydrogens is 246 g/mol. The zero-order chi connectivity index (χ0) is 14.0. The number of ether oxygens (including phenoxy) is 2. The van der Waals surface area contributed by atoms with E-state index in [-0.39, 0.29) is 24.0 Å². The Morgan fingerprint density at radius 3 is 2.68 bits per heavy atom. The fourth-order valence-corrected chi connectivity index (χ4v) is 2.41. The third-order valence-electron chi connectivity index (χ3n) is 3.24. The van der Waals surface area contributed by atoms with E-state index in [1.165, 1.54) is 0 Å². The van der Waals surface area contributed by atoms with Crippen LogP contribution in [-0.2, 0) is 16.0 Å². The number of nitrogens with two attached hydrogens (primary N) is 1. The van der Waals surface area contributed by atoms with Crippen molar-refractivity contribution < 1.29 is 14.3 Å². The molecule has 0 aromatic carbocycles. The number of hydrogen-bond donors (Lipinski definition) is 1. The lowest BCUT2D eigenvalue weighted by Crippen LogP contribution is -2.35. The number of hydrogen-bond acceptors (Lipinski definition) is 5. The maximum Gasteiger partial charge on any atom is 0.361 e. The largest absolute Gasteiger partial charge is 0.457 e. The van der Waals surface area contributed by atoms with Gasteiger partial charge in [0.05, 0.1) is 17.9 Å². The summed E-state index contributed by atoms with van der Waals surface area (Å²) in [6, 6.07) is 0. The summed E-state index contributed by atoms with van der Waals surface area (Å²) in [5, 5.41) is 4.12. The van der Waals surface area contributed by atoms with E-state index in [0.717, 1.165) is 0 Å². The standard InChI is InChI=1S/C13H21N3O3/c1-4-16-7-11(14)12(15-16)13(17)19-10-5-8(2)18-9(3)6-10/h7-10H,4-6,14H2,1-3H3. The predicted octanol–water partition coefficient (Wildman–Crippen LogP) is 1.60. The number of aromatic nitrogens is 2. The van der Waals surface area contributed by atoms with Gasteiger partial charge in [-0.25, -0.2) is 4.79 Å². The lowest BCUT2D eigenvalue weighted by atomic mass is 10.0. The molecule has 0 radical (unpaired) electrons. The number of carbonyl (C=O) groups is 1. The Kier molecular flexibility index (Phi) is 4.09. The van der Waals surface area contributed by atoms with Crippen LogP contribution >= 0.6 is 0 Å². The smallest absolute Gasteiger partial charge is 0.361 e. The van der Waals surface area contributed by atoms with Crippen LogP contribution < -0.4 is 5.73 Å². The predicted molar refractivity (Wildman–Crippen MR) is 70.8 cm³/mol. The van der Waals surface area contributed by atoms with E-state index in [2.05, 4.69) is 5.10 Å². The van der Waals surface area contributed by atoms with Crippen LogP contribution in [0.2, 0.25) is 0 Å². The Hall–Kier alpha value is -1.56. The average molecular weight is 267 g/mol. The lowest BCUT2D eigenvalue weighted by molar-refractivity contribution is -0.0856. The molecule has 6 nitrogen and oxygen atoms in total. The van der Waals surface area contributed by atoms with Crippen LogP contribution in [0.4, 0.5) is 5.69 Å². The van der Waals surface area contributed by atoms with Crippen molar-refractivity contribution in [2.75, 3.05) is 5.73 Å². The van der Waals surface area contributed by atoms with Crippen LogP contribution in [0.3, 0.4) is 0 Å². The molecule has 1 aliphatic heterocycles. The van der Waals surface area contributed by atoms with Gasteiger partial charge in [-0.2, -0.15) is 5.10 Å². The number of carbonyl (C=O) groups excluding carboxylic acids is 1. The molecule has 106 valence electrons. The molecule has 1 fully saturated rings. The van der Waals surface area contributed by atoms with E-state index in [1.54, 1.807) is 10.9 Å². The van der Waals surface area contributed by atoms with Crippen molar-refractivity contribution in [1.29, 1.82) is 0 Å². The molecule has 1 aliphatic rings. The molecule has 2 atom stereocenters. The third-order valence-corrected chi connectivity index (χ3v) is 3.24. The second-order valence-electron chi connectivity index (χ2n) is 5.04. The monoisotopic (exact) mass is 267 g/mol. The minimum absolute atomic E-state index is 0.104. The maximum atomic E-state index is 12.1. The van der Waals surface area contributed by atoms with Gasteiger partial charge in [0.1, 0.15) is 6.10 Å². The van der Waals surface area contributed by atoms with Crippen molar-refractivity contribution in [1.82, 2.24) is 9.78 Å². The molecule has 0 bridgehead atoms. The summed E-state index contributed by atoms with van der Waals surface area (Å²) >= 11 is 0. The molecule has 0 saturated carbocycles. The second kappa shape index (κ2) is 5.61. The molecule has 1 aromatic heterocycles. The highest BCUT2D eigenvalue weighted by atomic mass is 16.6. The van der Waals surface area contributed by atoms with Crippen LogP contribution in [0, 0.1) is 0 Å². The van der Waals surface area contributed by atoms with E-state index < -0.39 is 5.97 Å². The van der Waals surface area contributed by atoms with Gasteiger partial charge in [0.2, 0.25) is 0 Å². The van der Waals surface area contributed by atoms with Crippen LogP contribution in [0.15, 0.2) is 6.20 Å². The molecule has 0 amide bonds. The molecule has 0 spiro atoms. The van der Waals surface area contributed by atoms with Gasteiger partial charge in [0.25, 0.3) is 0 Å². The molecular formula is C13H21N3O3. The summed E-state index contributed by atoms with van der Waals surface area (Å²) in [5.41, 5.74) is 6.33. The quantitative estimate of drug-likeness (QED) is 0.841. The van der Waals surface area contributed by atoms with Gasteiger partial charge in [0.15, 0.2) is 5.69 Å². The molecule has 19 heavy (non-hydrogen) atoms. The summed E-state index contributed by atoms with van der Waals surface area (Å²) < 4.78 is 12.7. The van der Waals surface area contributed by atoms with E-state index in [4.69, 9.17) is 15.2 Å². The SMILES string of the molecule is CCn1cc(N)c(C(=O)OC2CC(C)OC(C)C2)n1.